The largest absolute Gasteiger partial charge is 0.480 e. The van der Waals surface area contributed by atoms with Gasteiger partial charge in [-0.1, -0.05) is 56.3 Å². The molecule has 0 aliphatic heterocycles. The number of carbonyl (C=O) groups is 2. The van der Waals surface area contributed by atoms with Crippen LogP contribution in [0.2, 0.25) is 0 Å². The highest BCUT2D eigenvalue weighted by Crippen LogP contribution is 2.20. The Balaban J connectivity index is 1.81. The van der Waals surface area contributed by atoms with Gasteiger partial charge in [0.25, 0.3) is 0 Å². The molecule has 9 heteroatoms. The van der Waals surface area contributed by atoms with Gasteiger partial charge in [0, 0.05) is 24.9 Å². The maximum atomic E-state index is 13.0. The fourth-order valence-corrected chi connectivity index (χ4v) is 5.53. The highest BCUT2D eigenvalue weighted by Gasteiger charge is 2.26. The SMILES string of the molecule is CC(=O)C(CC(C)C)N[C@@H](Cc1cncn1Cc1ccccc1CS(=O)(=O)c1ccccc1)C(=O)O. The number of rotatable bonds is 13. The predicted octanol–water partition coefficient (Wildman–Crippen LogP) is 3.49. The van der Waals surface area contributed by atoms with Crippen molar-refractivity contribution in [2.24, 2.45) is 5.92 Å². The first-order valence-electron chi connectivity index (χ1n) is 11.9. The number of imidazole rings is 1. The van der Waals surface area contributed by atoms with Gasteiger partial charge in [-0.3, -0.25) is 14.9 Å². The van der Waals surface area contributed by atoms with Crippen molar-refractivity contribution in [1.29, 1.82) is 0 Å². The Bertz CT molecular complexity index is 1290. The summed E-state index contributed by atoms with van der Waals surface area (Å²) in [5, 5.41) is 12.8. The quantitative estimate of drug-likeness (QED) is 0.361. The first-order chi connectivity index (χ1) is 17.1. The molecule has 0 radical (unpaired) electrons. The summed E-state index contributed by atoms with van der Waals surface area (Å²) in [7, 11) is -3.53. The van der Waals surface area contributed by atoms with Gasteiger partial charge in [0.1, 0.15) is 11.8 Å². The number of aliphatic carboxylic acids is 1. The van der Waals surface area contributed by atoms with Gasteiger partial charge in [-0.25, -0.2) is 13.4 Å². The average molecular weight is 512 g/mol. The number of aromatic nitrogens is 2. The summed E-state index contributed by atoms with van der Waals surface area (Å²) in [6.07, 6.45) is 3.88. The van der Waals surface area contributed by atoms with E-state index >= 15 is 0 Å². The van der Waals surface area contributed by atoms with Gasteiger partial charge in [-0.2, -0.15) is 0 Å². The van der Waals surface area contributed by atoms with Crippen LogP contribution in [0.4, 0.5) is 0 Å². The first-order valence-corrected chi connectivity index (χ1v) is 13.5. The highest BCUT2D eigenvalue weighted by atomic mass is 32.2. The third kappa shape index (κ3) is 7.35. The second kappa shape index (κ2) is 12.1. The number of Topliss-reactive ketones (excluding diaryl/α,β-unsaturated/α-hetero) is 1. The smallest absolute Gasteiger partial charge is 0.321 e. The van der Waals surface area contributed by atoms with E-state index in [0.29, 0.717) is 24.2 Å². The summed E-state index contributed by atoms with van der Waals surface area (Å²) in [5.74, 6) is -1.06. The van der Waals surface area contributed by atoms with Crippen molar-refractivity contribution in [2.75, 3.05) is 0 Å². The minimum Gasteiger partial charge on any atom is -0.480 e. The van der Waals surface area contributed by atoms with Crippen LogP contribution >= 0.6 is 0 Å². The van der Waals surface area contributed by atoms with E-state index < -0.39 is 27.9 Å². The molecule has 0 aliphatic carbocycles. The molecule has 2 N–H and O–H groups in total. The number of hydrogen-bond donors (Lipinski definition) is 2. The lowest BCUT2D eigenvalue weighted by Gasteiger charge is -2.23. The van der Waals surface area contributed by atoms with E-state index in [1.165, 1.54) is 6.92 Å². The number of sulfone groups is 1. The Kier molecular flexibility index (Phi) is 9.17. The standard InChI is InChI=1S/C27H33N3O5S/c1-19(2)13-25(20(3)31)29-26(27(32)33)14-23-15-28-18-30(23)16-21-9-7-8-10-22(21)17-36(34,35)24-11-5-4-6-12-24/h4-12,15,18-19,25-26,29H,13-14,16-17H2,1-3H3,(H,32,33)/t25?,26-/m0/s1. The van der Waals surface area contributed by atoms with Crippen LogP contribution in [-0.2, 0) is 38.1 Å². The van der Waals surface area contributed by atoms with Gasteiger partial charge >= 0.3 is 5.97 Å². The molecular weight excluding hydrogens is 478 g/mol. The minimum absolute atomic E-state index is 0.1000. The van der Waals surface area contributed by atoms with Crippen molar-refractivity contribution in [3.63, 3.8) is 0 Å². The van der Waals surface area contributed by atoms with Crippen molar-refractivity contribution in [3.8, 4) is 0 Å². The van der Waals surface area contributed by atoms with E-state index in [0.717, 1.165) is 5.56 Å². The van der Waals surface area contributed by atoms with E-state index in [-0.39, 0.29) is 28.8 Å². The van der Waals surface area contributed by atoms with Crippen LogP contribution in [-0.4, -0.2) is 46.9 Å². The van der Waals surface area contributed by atoms with E-state index in [1.54, 1.807) is 55.0 Å². The van der Waals surface area contributed by atoms with Crippen LogP contribution in [0.15, 0.2) is 72.0 Å². The molecule has 2 aromatic carbocycles. The molecule has 0 aliphatic rings. The van der Waals surface area contributed by atoms with Crippen LogP contribution in [0.5, 0.6) is 0 Å². The van der Waals surface area contributed by atoms with Gasteiger partial charge < -0.3 is 9.67 Å². The van der Waals surface area contributed by atoms with Gasteiger partial charge in [0.2, 0.25) is 0 Å². The third-order valence-corrected chi connectivity index (χ3v) is 7.70. The minimum atomic E-state index is -3.53. The van der Waals surface area contributed by atoms with E-state index in [1.807, 2.05) is 30.5 Å². The molecule has 1 aromatic heterocycles. The van der Waals surface area contributed by atoms with Crippen molar-refractivity contribution in [3.05, 3.63) is 83.9 Å². The van der Waals surface area contributed by atoms with Gasteiger partial charge in [-0.05, 0) is 42.5 Å². The van der Waals surface area contributed by atoms with Gasteiger partial charge in [0.15, 0.2) is 9.84 Å². The fraction of sp³-hybridized carbons (Fsp3) is 0.370. The Hall–Kier alpha value is -3.30. The van der Waals surface area contributed by atoms with Gasteiger partial charge in [0.05, 0.1) is 23.0 Å². The summed E-state index contributed by atoms with van der Waals surface area (Å²) in [5.41, 5.74) is 2.14. The monoisotopic (exact) mass is 511 g/mol. The summed E-state index contributed by atoms with van der Waals surface area (Å²) in [4.78, 5) is 28.6. The van der Waals surface area contributed by atoms with Crippen LogP contribution in [0, 0.1) is 5.92 Å². The molecule has 0 spiro atoms. The van der Waals surface area contributed by atoms with Crippen molar-refractivity contribution < 1.29 is 23.1 Å². The van der Waals surface area contributed by atoms with Crippen LogP contribution < -0.4 is 5.32 Å². The molecule has 0 fully saturated rings. The normalized spacial score (nSPS) is 13.4. The van der Waals surface area contributed by atoms with Crippen molar-refractivity contribution >= 4 is 21.6 Å². The van der Waals surface area contributed by atoms with E-state index in [2.05, 4.69) is 10.3 Å². The van der Waals surface area contributed by atoms with E-state index in [4.69, 9.17) is 0 Å². The Morgan fingerprint density at radius 2 is 1.64 bits per heavy atom. The molecule has 1 unspecified atom stereocenters. The molecule has 3 aromatic rings. The van der Waals surface area contributed by atoms with Crippen molar-refractivity contribution in [2.45, 2.75) is 62.9 Å². The molecular formula is C27H33N3O5S. The average Bonchev–Trinajstić information content (AvgIpc) is 3.25. The van der Waals surface area contributed by atoms with Gasteiger partial charge in [-0.15, -0.1) is 0 Å². The molecule has 0 amide bonds. The molecule has 8 nitrogen and oxygen atoms in total. The summed E-state index contributed by atoms with van der Waals surface area (Å²) < 4.78 is 27.7. The number of nitrogens with one attached hydrogen (secondary N) is 1. The predicted molar refractivity (Wildman–Crippen MR) is 137 cm³/mol. The second-order valence-electron chi connectivity index (χ2n) is 9.41. The van der Waals surface area contributed by atoms with Crippen LogP contribution in [0.3, 0.4) is 0 Å². The summed E-state index contributed by atoms with van der Waals surface area (Å²) in [6.45, 7) is 5.77. The Labute approximate surface area is 212 Å². The third-order valence-electron chi connectivity index (χ3n) is 6.02. The summed E-state index contributed by atoms with van der Waals surface area (Å²) in [6, 6.07) is 14.1. The molecule has 1 heterocycles. The number of nitrogens with zero attached hydrogens (tertiary/aromatic N) is 2. The maximum Gasteiger partial charge on any atom is 0.321 e. The molecule has 192 valence electrons. The maximum absolute atomic E-state index is 13.0. The van der Waals surface area contributed by atoms with Crippen molar-refractivity contribution in [1.82, 2.24) is 14.9 Å². The number of ketones is 1. The molecule has 36 heavy (non-hydrogen) atoms. The number of carboxylic acid groups (broad SMARTS) is 1. The lowest BCUT2D eigenvalue weighted by Crippen LogP contribution is -2.48. The number of benzene rings is 2. The highest BCUT2D eigenvalue weighted by molar-refractivity contribution is 7.90. The number of carboxylic acids is 1. The second-order valence-corrected chi connectivity index (χ2v) is 11.4. The Morgan fingerprint density at radius 3 is 2.25 bits per heavy atom. The van der Waals surface area contributed by atoms with E-state index in [9.17, 15) is 23.1 Å². The Morgan fingerprint density at radius 1 is 1.00 bits per heavy atom. The fourth-order valence-electron chi connectivity index (χ4n) is 4.10. The molecule has 2 atom stereocenters. The molecule has 0 saturated carbocycles. The zero-order chi connectivity index (χ0) is 26.3. The lowest BCUT2D eigenvalue weighted by atomic mass is 9.99. The zero-order valence-electron chi connectivity index (χ0n) is 20.8. The lowest BCUT2D eigenvalue weighted by molar-refractivity contribution is -0.140. The molecule has 0 bridgehead atoms. The zero-order valence-corrected chi connectivity index (χ0v) is 21.6. The van der Waals surface area contributed by atoms with Crippen LogP contribution in [0.1, 0.15) is 44.0 Å². The van der Waals surface area contributed by atoms with Crippen LogP contribution in [0.25, 0.3) is 0 Å². The number of carbonyl (C=O) groups excluding carboxylic acids is 1. The first kappa shape index (κ1) is 27.3. The topological polar surface area (TPSA) is 118 Å². The number of hydrogen-bond acceptors (Lipinski definition) is 6. The summed E-state index contributed by atoms with van der Waals surface area (Å²) >= 11 is 0. The molecule has 0 saturated heterocycles. The molecule has 3 rings (SSSR count).